The Morgan fingerprint density at radius 2 is 2.11 bits per heavy atom. The first-order valence-electron chi connectivity index (χ1n) is 5.53. The summed E-state index contributed by atoms with van der Waals surface area (Å²) in [5, 5.41) is 10.9. The van der Waals surface area contributed by atoms with Crippen LogP contribution in [0.2, 0.25) is 0 Å². The molecule has 2 N–H and O–H groups in total. The predicted molar refractivity (Wildman–Crippen MR) is 69.9 cm³/mol. The number of ether oxygens (including phenoxy) is 1. The van der Waals surface area contributed by atoms with E-state index in [-0.39, 0.29) is 24.0 Å². The summed E-state index contributed by atoms with van der Waals surface area (Å²) < 4.78 is 18.2. The van der Waals surface area contributed by atoms with E-state index < -0.39 is 11.8 Å². The topological polar surface area (TPSA) is 75.6 Å². The summed E-state index contributed by atoms with van der Waals surface area (Å²) in [5.41, 5.74) is 0. The van der Waals surface area contributed by atoms with Crippen molar-refractivity contribution >= 4 is 23.6 Å². The van der Waals surface area contributed by atoms with Gasteiger partial charge in [-0.2, -0.15) is 0 Å². The third kappa shape index (κ3) is 6.66. The summed E-state index contributed by atoms with van der Waals surface area (Å²) in [7, 11) is 0. The molecular weight excluding hydrogens is 273 g/mol. The van der Waals surface area contributed by atoms with Crippen LogP contribution in [-0.2, 0) is 9.59 Å². The molecule has 0 aliphatic carbocycles. The first-order chi connectivity index (χ1) is 9.09. The Hall–Kier alpha value is -1.76. The van der Waals surface area contributed by atoms with Crippen molar-refractivity contribution < 1.29 is 23.8 Å². The van der Waals surface area contributed by atoms with Crippen LogP contribution >= 0.6 is 11.8 Å². The van der Waals surface area contributed by atoms with E-state index in [0.717, 1.165) is 0 Å². The Morgan fingerprint density at radius 1 is 1.37 bits per heavy atom. The average Bonchev–Trinajstić information content (AvgIpc) is 2.37. The van der Waals surface area contributed by atoms with Crippen molar-refractivity contribution in [2.45, 2.75) is 0 Å². The standard InChI is InChI=1S/C12H14FNO4S/c13-9-3-1-2-4-10(9)18-7-11(15)14-5-6-19-8-12(16)17/h1-4H,5-8H2,(H,14,15)(H,16,17). The number of thioether (sulfide) groups is 1. The van der Waals surface area contributed by atoms with Crippen molar-refractivity contribution in [2.75, 3.05) is 24.7 Å². The fourth-order valence-corrected chi connectivity index (χ4v) is 1.74. The number of carboxylic acid groups (broad SMARTS) is 1. The van der Waals surface area contributed by atoms with Gasteiger partial charge in [0.1, 0.15) is 0 Å². The summed E-state index contributed by atoms with van der Waals surface area (Å²) in [5.74, 6) is -1.26. The zero-order valence-corrected chi connectivity index (χ0v) is 10.9. The van der Waals surface area contributed by atoms with Gasteiger partial charge < -0.3 is 15.2 Å². The monoisotopic (exact) mass is 287 g/mol. The third-order valence-electron chi connectivity index (χ3n) is 1.99. The minimum atomic E-state index is -0.890. The van der Waals surface area contributed by atoms with Gasteiger partial charge in [-0.1, -0.05) is 12.1 Å². The van der Waals surface area contributed by atoms with Crippen molar-refractivity contribution in [1.82, 2.24) is 5.32 Å². The van der Waals surface area contributed by atoms with Crippen LogP contribution in [0.5, 0.6) is 5.75 Å². The number of hydrogen-bond acceptors (Lipinski definition) is 4. The molecule has 0 atom stereocenters. The van der Waals surface area contributed by atoms with E-state index in [0.29, 0.717) is 12.3 Å². The first-order valence-corrected chi connectivity index (χ1v) is 6.68. The SMILES string of the molecule is O=C(O)CSCCNC(=O)COc1ccccc1F. The van der Waals surface area contributed by atoms with Gasteiger partial charge in [0, 0.05) is 12.3 Å². The lowest BCUT2D eigenvalue weighted by molar-refractivity contribution is -0.133. The van der Waals surface area contributed by atoms with E-state index in [1.807, 2.05) is 0 Å². The van der Waals surface area contributed by atoms with E-state index in [1.165, 1.54) is 30.0 Å². The van der Waals surface area contributed by atoms with Crippen molar-refractivity contribution in [3.8, 4) is 5.75 Å². The number of benzene rings is 1. The zero-order chi connectivity index (χ0) is 14.1. The molecule has 1 rings (SSSR count). The predicted octanol–water partition coefficient (Wildman–Crippen LogP) is 1.14. The third-order valence-corrected chi connectivity index (χ3v) is 2.93. The Kier molecular flexibility index (Phi) is 6.73. The molecule has 0 saturated carbocycles. The molecule has 0 aliphatic heterocycles. The molecule has 0 heterocycles. The molecule has 104 valence electrons. The fraction of sp³-hybridized carbons (Fsp3) is 0.333. The lowest BCUT2D eigenvalue weighted by atomic mass is 10.3. The van der Waals surface area contributed by atoms with Crippen molar-refractivity contribution in [3.05, 3.63) is 30.1 Å². The summed E-state index contributed by atoms with van der Waals surface area (Å²) in [4.78, 5) is 21.6. The number of carbonyl (C=O) groups excluding carboxylic acids is 1. The highest BCUT2D eigenvalue weighted by Crippen LogP contribution is 2.14. The second-order valence-electron chi connectivity index (χ2n) is 3.52. The first kappa shape index (κ1) is 15.3. The van der Waals surface area contributed by atoms with Crippen LogP contribution in [-0.4, -0.2) is 41.6 Å². The van der Waals surface area contributed by atoms with Crippen molar-refractivity contribution in [1.29, 1.82) is 0 Å². The van der Waals surface area contributed by atoms with Gasteiger partial charge in [-0.15, -0.1) is 11.8 Å². The Balaban J connectivity index is 2.15. The maximum atomic E-state index is 13.2. The molecule has 0 spiro atoms. The quantitative estimate of drug-likeness (QED) is 0.701. The fourth-order valence-electron chi connectivity index (χ4n) is 1.18. The highest BCUT2D eigenvalue weighted by molar-refractivity contribution is 7.99. The molecule has 0 bridgehead atoms. The minimum absolute atomic E-state index is 0.00158. The molecule has 5 nitrogen and oxygen atoms in total. The smallest absolute Gasteiger partial charge is 0.313 e. The largest absolute Gasteiger partial charge is 0.481 e. The van der Waals surface area contributed by atoms with Crippen LogP contribution in [0.1, 0.15) is 0 Å². The van der Waals surface area contributed by atoms with E-state index >= 15 is 0 Å². The van der Waals surface area contributed by atoms with Gasteiger partial charge >= 0.3 is 5.97 Å². The molecule has 19 heavy (non-hydrogen) atoms. The molecule has 0 aliphatic rings. The Bertz CT molecular complexity index is 441. The van der Waals surface area contributed by atoms with Crippen LogP contribution in [0.15, 0.2) is 24.3 Å². The van der Waals surface area contributed by atoms with Crippen LogP contribution in [0.25, 0.3) is 0 Å². The lowest BCUT2D eigenvalue weighted by Crippen LogP contribution is -2.30. The van der Waals surface area contributed by atoms with Gasteiger partial charge in [-0.25, -0.2) is 4.39 Å². The molecule has 0 radical (unpaired) electrons. The molecule has 7 heteroatoms. The number of carboxylic acids is 1. The number of carbonyl (C=O) groups is 2. The summed E-state index contributed by atoms with van der Waals surface area (Å²) in [6.07, 6.45) is 0. The maximum Gasteiger partial charge on any atom is 0.313 e. The van der Waals surface area contributed by atoms with Crippen molar-refractivity contribution in [3.63, 3.8) is 0 Å². The number of amides is 1. The Labute approximate surface area is 114 Å². The lowest BCUT2D eigenvalue weighted by Gasteiger charge is -2.07. The summed E-state index contributed by atoms with van der Waals surface area (Å²) in [6.45, 7) is 0.0714. The van der Waals surface area contributed by atoms with Gasteiger partial charge in [0.15, 0.2) is 18.2 Å². The molecule has 1 aromatic rings. The molecular formula is C12H14FNO4S. The van der Waals surface area contributed by atoms with Gasteiger partial charge in [0.2, 0.25) is 0 Å². The molecule has 1 amide bonds. The van der Waals surface area contributed by atoms with E-state index in [1.54, 1.807) is 6.07 Å². The normalized spacial score (nSPS) is 9.95. The van der Waals surface area contributed by atoms with E-state index in [2.05, 4.69) is 5.32 Å². The Morgan fingerprint density at radius 3 is 2.79 bits per heavy atom. The molecule has 0 aromatic heterocycles. The number of aliphatic carboxylic acids is 1. The molecule has 0 unspecified atom stereocenters. The molecule has 0 fully saturated rings. The number of nitrogens with one attached hydrogen (secondary N) is 1. The van der Waals surface area contributed by atoms with Crippen LogP contribution < -0.4 is 10.1 Å². The van der Waals surface area contributed by atoms with Crippen LogP contribution in [0.4, 0.5) is 4.39 Å². The number of hydrogen-bond donors (Lipinski definition) is 2. The average molecular weight is 287 g/mol. The van der Waals surface area contributed by atoms with Gasteiger partial charge in [-0.05, 0) is 12.1 Å². The zero-order valence-electron chi connectivity index (χ0n) is 10.1. The van der Waals surface area contributed by atoms with Gasteiger partial charge in [-0.3, -0.25) is 9.59 Å². The maximum absolute atomic E-state index is 13.2. The second kappa shape index (κ2) is 8.36. The highest BCUT2D eigenvalue weighted by atomic mass is 32.2. The van der Waals surface area contributed by atoms with Crippen LogP contribution in [0, 0.1) is 5.82 Å². The van der Waals surface area contributed by atoms with Gasteiger partial charge in [0.25, 0.3) is 5.91 Å². The number of para-hydroxylation sites is 1. The molecule has 0 saturated heterocycles. The number of halogens is 1. The summed E-state index contributed by atoms with van der Waals surface area (Å²) in [6, 6.07) is 5.82. The molecule has 1 aromatic carbocycles. The van der Waals surface area contributed by atoms with Crippen LogP contribution in [0.3, 0.4) is 0 Å². The number of rotatable bonds is 8. The van der Waals surface area contributed by atoms with E-state index in [4.69, 9.17) is 9.84 Å². The van der Waals surface area contributed by atoms with Gasteiger partial charge in [0.05, 0.1) is 5.75 Å². The summed E-state index contributed by atoms with van der Waals surface area (Å²) >= 11 is 1.21. The van der Waals surface area contributed by atoms with Crippen molar-refractivity contribution in [2.24, 2.45) is 0 Å². The second-order valence-corrected chi connectivity index (χ2v) is 4.62. The highest BCUT2D eigenvalue weighted by Gasteiger charge is 2.05. The van der Waals surface area contributed by atoms with E-state index in [9.17, 15) is 14.0 Å². The minimum Gasteiger partial charge on any atom is -0.481 e.